The molecule has 3 heterocycles. The van der Waals surface area contributed by atoms with Gasteiger partial charge in [0.25, 0.3) is 0 Å². The van der Waals surface area contributed by atoms with Crippen molar-refractivity contribution in [2.75, 3.05) is 51.5 Å². The molecule has 1 aromatic carbocycles. The summed E-state index contributed by atoms with van der Waals surface area (Å²) in [4.78, 5) is 147. The van der Waals surface area contributed by atoms with E-state index in [1.807, 2.05) is 0 Å². The van der Waals surface area contributed by atoms with Gasteiger partial charge < -0.3 is 83.5 Å². The maximum atomic E-state index is 15.3. The number of H-pyrrole nitrogens is 1. The Balaban J connectivity index is 1.70. The average molecular weight is 1360 g/mol. The Hall–Kier alpha value is -6.44. The predicted molar refractivity (Wildman–Crippen MR) is 356 cm³/mol. The first-order chi connectivity index (χ1) is 44.4. The maximum Gasteiger partial charge on any atom is 0.246 e. The third-order valence-corrected chi connectivity index (χ3v) is 21.2. The van der Waals surface area contributed by atoms with E-state index in [0.29, 0.717) is 66.3 Å². The second-order valence-corrected chi connectivity index (χ2v) is 28.1. The van der Waals surface area contributed by atoms with Gasteiger partial charge in [-0.3, -0.25) is 52.2 Å². The van der Waals surface area contributed by atoms with Crippen LogP contribution in [-0.2, 0) is 75.8 Å². The molecule has 12 atom stereocenters. The lowest BCUT2D eigenvalue weighted by Crippen LogP contribution is -2.61. The van der Waals surface area contributed by atoms with Gasteiger partial charge in [0.15, 0.2) is 0 Å². The number of aromatic nitrogens is 1. The molecule has 0 spiro atoms. The summed E-state index contributed by atoms with van der Waals surface area (Å²) in [7, 11) is -1.03. The average Bonchev–Trinajstić information content (AvgIpc) is 1.49. The van der Waals surface area contributed by atoms with Crippen LogP contribution in [0.25, 0.3) is 10.9 Å². The van der Waals surface area contributed by atoms with Crippen LogP contribution in [0.3, 0.4) is 0 Å². The lowest BCUT2D eigenvalue weighted by molar-refractivity contribution is -0.144. The van der Waals surface area contributed by atoms with Gasteiger partial charge in [-0.2, -0.15) is 17.2 Å². The fourth-order valence-corrected chi connectivity index (χ4v) is 13.7. The molecular formula is C64H106N12O16S2. The van der Waals surface area contributed by atoms with E-state index < -0.39 is 163 Å². The Morgan fingerprint density at radius 3 is 2.21 bits per heavy atom. The Morgan fingerprint density at radius 2 is 1.60 bits per heavy atom. The smallest absolute Gasteiger partial charge is 0.246 e. The number of carbonyl (C=O) groups is 10. The molecule has 0 aliphatic carbocycles. The zero-order valence-corrected chi connectivity index (χ0v) is 58.3. The molecule has 1 aromatic heterocycles. The molecule has 10 amide bonds. The summed E-state index contributed by atoms with van der Waals surface area (Å²) in [5, 5.41) is 49.9. The number of amides is 10. The number of methoxy groups -OCH3 is 1. The molecular weight excluding hydrogens is 1260 g/mol. The first kappa shape index (κ1) is 80.0. The van der Waals surface area contributed by atoms with Crippen molar-refractivity contribution >= 4 is 92.5 Å². The lowest BCUT2D eigenvalue weighted by Gasteiger charge is -2.45. The number of thioether (sulfide) groups is 1. The molecule has 4 rings (SSSR count). The molecule has 530 valence electrons. The highest BCUT2D eigenvalue weighted by atomic mass is 32.2. The SMILES string of the molecule is CCC(=O)N[C@H](C(=O)NCC(=O)N[C@H]1CS(=O)c2[nH]c3c(CSCCNC(=O)CCCCCONC(C)(CCC(CC)CC)C(C)(C)CC)c(OC)ccc3c2C[C@@H](C(N)=O)NC(=O)[C@H]([C@@H](C)[C@@H](O)CO)NC(=O)[C@@H]2C[C@@H](O)CN2C(=O)[C@H](CC(N)=O)NC1=O)[C@@H](C)CC. The Labute approximate surface area is 558 Å². The van der Waals surface area contributed by atoms with E-state index in [9.17, 15) is 63.3 Å². The number of hydroxylamine groups is 1. The van der Waals surface area contributed by atoms with Crippen molar-refractivity contribution in [3.05, 3.63) is 23.3 Å². The number of aromatic amines is 1. The fraction of sp³-hybridized carbons (Fsp3) is 0.719. The molecule has 1 saturated heterocycles. The van der Waals surface area contributed by atoms with Crippen molar-refractivity contribution in [1.29, 1.82) is 0 Å². The number of primary amides is 2. The number of aliphatic hydroxyl groups excluding tert-OH is 3. The largest absolute Gasteiger partial charge is 0.496 e. The van der Waals surface area contributed by atoms with Crippen molar-refractivity contribution in [3.63, 3.8) is 0 Å². The number of aliphatic hydroxyl groups is 3. The number of hydrogen-bond donors (Lipinski definition) is 14. The number of carbonyl (C=O) groups excluding carboxylic acids is 10. The van der Waals surface area contributed by atoms with E-state index in [2.05, 4.69) is 89.2 Å². The zero-order chi connectivity index (χ0) is 70.2. The molecule has 2 aliphatic rings. The van der Waals surface area contributed by atoms with Gasteiger partial charge in [-0.25, -0.2) is 0 Å². The van der Waals surface area contributed by atoms with E-state index in [4.69, 9.17) is 21.0 Å². The summed E-state index contributed by atoms with van der Waals surface area (Å²) in [6, 6.07) is -6.63. The number of nitrogens with one attached hydrogen (secondary N) is 9. The van der Waals surface area contributed by atoms with E-state index in [1.165, 1.54) is 25.8 Å². The van der Waals surface area contributed by atoms with Crippen LogP contribution < -0.4 is 58.9 Å². The Kier molecular flexibility index (Phi) is 32.6. The van der Waals surface area contributed by atoms with E-state index >= 15 is 4.21 Å². The number of nitrogens with zero attached hydrogens (tertiary/aromatic N) is 1. The van der Waals surface area contributed by atoms with Gasteiger partial charge in [0.05, 0.1) is 67.6 Å². The molecule has 0 radical (unpaired) electrons. The van der Waals surface area contributed by atoms with Gasteiger partial charge in [-0.05, 0) is 74.0 Å². The van der Waals surface area contributed by atoms with E-state index in [-0.39, 0.29) is 45.5 Å². The second kappa shape index (κ2) is 38.3. The first-order valence-electron chi connectivity index (χ1n) is 32.9. The highest BCUT2D eigenvalue weighted by Gasteiger charge is 2.46. The third-order valence-electron chi connectivity index (χ3n) is 18.8. The summed E-state index contributed by atoms with van der Waals surface area (Å²) in [5.41, 5.74) is 15.8. The van der Waals surface area contributed by atoms with Gasteiger partial charge in [-0.1, -0.05) is 88.0 Å². The van der Waals surface area contributed by atoms with Crippen LogP contribution in [0.1, 0.15) is 164 Å². The van der Waals surface area contributed by atoms with Crippen molar-refractivity contribution in [1.82, 2.24) is 52.6 Å². The number of ether oxygens (including phenoxy) is 1. The standard InChI is InChI=1S/C64H106N12O16S2/c1-12-36(6)53(72-50(81)15-4)59(87)68-31-52(83)69-45-35-94(90)61-41(29-43(56(66)84)70-60(88)54(37(7)47(79)33-77)73-58(86)46-28-39(78)32-76(46)62(89)44(30-49(65)80)71-57(45)85)40-21-22-48(91-11)42(55(40)74-61)34-93-27-25-67-51(82)20-18-17-19-26-92-75-64(10,63(8,9)16-5)24-23-38(13-2)14-3/h21-22,36-39,43-47,53-54,74-75,77-79H,12-20,23-35H2,1-11H3,(H2,65,80)(H2,66,84)(H,67,82)(H,68,87)(H,69,83)(H,70,88)(H,71,85)(H,72,81)(H,73,86)/t36-,37-,39+,43-,44-,45-,46-,47-,53-,54-,64?,94?/m0/s1. The second-order valence-electron chi connectivity index (χ2n) is 25.6. The summed E-state index contributed by atoms with van der Waals surface area (Å²) in [5.74, 6) is -9.78. The molecule has 0 bridgehead atoms. The molecule has 16 N–H and O–H groups in total. The summed E-state index contributed by atoms with van der Waals surface area (Å²) in [6.07, 6.45) is 3.62. The third kappa shape index (κ3) is 22.6. The molecule has 94 heavy (non-hydrogen) atoms. The Morgan fingerprint density at radius 1 is 0.894 bits per heavy atom. The molecule has 1 fully saturated rings. The van der Waals surface area contributed by atoms with Crippen LogP contribution >= 0.6 is 11.8 Å². The van der Waals surface area contributed by atoms with E-state index in [0.717, 1.165) is 49.8 Å². The summed E-state index contributed by atoms with van der Waals surface area (Å²) in [6.45, 7) is 18.5. The number of rotatable bonds is 35. The van der Waals surface area contributed by atoms with Gasteiger partial charge in [-0.15, -0.1) is 0 Å². The Bertz CT molecular complexity index is 2950. The van der Waals surface area contributed by atoms with Crippen molar-refractivity contribution in [2.24, 2.45) is 34.6 Å². The molecule has 28 nitrogen and oxygen atoms in total. The predicted octanol–water partition coefficient (Wildman–Crippen LogP) is 0.991. The van der Waals surface area contributed by atoms with Crippen LogP contribution in [-0.4, -0.2) is 194 Å². The van der Waals surface area contributed by atoms with Gasteiger partial charge in [0, 0.05) is 72.7 Å². The van der Waals surface area contributed by atoms with Crippen LogP contribution in [0.4, 0.5) is 0 Å². The minimum atomic E-state index is -2.46. The number of benzene rings is 1. The van der Waals surface area contributed by atoms with Crippen LogP contribution in [0.2, 0.25) is 0 Å². The van der Waals surface area contributed by atoms with Gasteiger partial charge in [0.2, 0.25) is 59.1 Å². The number of nitrogens with two attached hydrogens (primary N) is 2. The molecule has 2 unspecified atom stereocenters. The summed E-state index contributed by atoms with van der Waals surface area (Å²) >= 11 is 1.42. The number of unbranched alkanes of at least 4 members (excludes halogenated alkanes) is 2. The quantitative estimate of drug-likeness (QED) is 0.0338. The monoisotopic (exact) mass is 1360 g/mol. The van der Waals surface area contributed by atoms with Gasteiger partial charge in [0.1, 0.15) is 47.0 Å². The maximum absolute atomic E-state index is 15.3. The summed E-state index contributed by atoms with van der Waals surface area (Å²) < 4.78 is 21.1. The highest BCUT2D eigenvalue weighted by Crippen LogP contribution is 2.40. The van der Waals surface area contributed by atoms with Crippen molar-refractivity contribution in [3.8, 4) is 5.75 Å². The molecule has 2 aromatic rings. The van der Waals surface area contributed by atoms with Crippen molar-refractivity contribution in [2.45, 2.75) is 224 Å². The van der Waals surface area contributed by atoms with Crippen molar-refractivity contribution < 1.29 is 77.0 Å². The van der Waals surface area contributed by atoms with Gasteiger partial charge >= 0.3 is 0 Å². The fourth-order valence-electron chi connectivity index (χ4n) is 11.4. The number of fused-ring (bicyclic) bond motifs is 4. The minimum Gasteiger partial charge on any atom is -0.496 e. The normalized spacial score (nSPS) is 22.0. The molecule has 2 aliphatic heterocycles. The highest BCUT2D eigenvalue weighted by molar-refractivity contribution is 7.98. The first-order valence-corrected chi connectivity index (χ1v) is 35.4. The minimum absolute atomic E-state index is 0.00763. The van der Waals surface area contributed by atoms with E-state index in [1.54, 1.807) is 32.9 Å². The molecule has 30 heteroatoms. The lowest BCUT2D eigenvalue weighted by atomic mass is 9.68. The number of hydrogen-bond acceptors (Lipinski definition) is 18. The zero-order valence-electron chi connectivity index (χ0n) is 56.6. The topological polar surface area (TPSA) is 434 Å². The van der Waals surface area contributed by atoms with Crippen LogP contribution in [0, 0.1) is 23.2 Å². The van der Waals surface area contributed by atoms with Crippen LogP contribution in [0.15, 0.2) is 17.2 Å². The van der Waals surface area contributed by atoms with Crippen LogP contribution in [0.5, 0.6) is 5.75 Å². The molecule has 0 saturated carbocycles.